The van der Waals surface area contributed by atoms with Crippen LogP contribution in [0.25, 0.3) is 0 Å². The largest absolute Gasteiger partial charge is 0.492 e. The van der Waals surface area contributed by atoms with E-state index in [0.717, 1.165) is 28.3 Å². The summed E-state index contributed by atoms with van der Waals surface area (Å²) < 4.78 is 5.72. The number of nitrogens with one attached hydrogen (secondary N) is 2. The van der Waals surface area contributed by atoms with Gasteiger partial charge in [0.05, 0.1) is 0 Å². The third-order valence-corrected chi connectivity index (χ3v) is 7.19. The molecule has 0 spiro atoms. The molecule has 0 aliphatic carbocycles. The van der Waals surface area contributed by atoms with Crippen LogP contribution in [0.2, 0.25) is 0 Å². The van der Waals surface area contributed by atoms with Crippen LogP contribution in [0.5, 0.6) is 5.75 Å². The Balaban J connectivity index is 1.58. The molecule has 2 N–H and O–H groups in total. The van der Waals surface area contributed by atoms with Crippen LogP contribution >= 0.6 is 11.3 Å². The van der Waals surface area contributed by atoms with Crippen LogP contribution in [0.1, 0.15) is 47.4 Å². The minimum absolute atomic E-state index is 0.212. The monoisotopic (exact) mass is 549 g/mol. The number of Topliss-reactive ketones (excluding diaryl/α,β-unsaturated/α-hetero) is 1. The van der Waals surface area contributed by atoms with Crippen LogP contribution in [0.4, 0.5) is 9.93 Å². The van der Waals surface area contributed by atoms with Crippen molar-refractivity contribution in [2.24, 2.45) is 0 Å². The Hall–Kier alpha value is -4.09. The maximum atomic E-state index is 13.6. The van der Waals surface area contributed by atoms with Crippen molar-refractivity contribution in [3.05, 3.63) is 76.8 Å². The fraction of sp³-hybridized carbons (Fsp3) is 0.321. The minimum atomic E-state index is -1.16. The Bertz CT molecular complexity index is 1340. The van der Waals surface area contributed by atoms with Crippen LogP contribution in [-0.2, 0) is 9.59 Å². The zero-order valence-electron chi connectivity index (χ0n) is 22.2. The predicted octanol–water partition coefficient (Wildman–Crippen LogP) is 3.69. The number of ketones is 1. The van der Waals surface area contributed by atoms with Gasteiger partial charge in [0.25, 0.3) is 5.91 Å². The van der Waals surface area contributed by atoms with E-state index < -0.39 is 35.8 Å². The molecule has 0 bridgehead atoms. The number of hydrogen-bond donors (Lipinski definition) is 2. The molecule has 39 heavy (non-hydrogen) atoms. The first-order valence-corrected chi connectivity index (χ1v) is 13.4. The SMILES string of the molecule is CC(=O)c1csc(NC(=O)[C@H]([C@@H](C)c2ccccc2)N2C(=O)N[C@@H](c3ccc(OCCN(C)C)cc3)C2=O)n1. The number of aromatic nitrogens is 1. The average molecular weight is 550 g/mol. The summed E-state index contributed by atoms with van der Waals surface area (Å²) in [4.78, 5) is 59.2. The van der Waals surface area contributed by atoms with Crippen molar-refractivity contribution < 1.29 is 23.9 Å². The smallest absolute Gasteiger partial charge is 0.325 e. The standard InChI is InChI=1S/C28H31N5O5S/c1-17(19-8-6-5-7-9-19)24(25(35)31-27-29-22(16-39-27)18(2)34)33-26(36)23(30-28(33)37)20-10-12-21(13-11-20)38-15-14-32(3)4/h5-13,16-17,23-24H,14-15H2,1-4H3,(H,30,37)(H,29,31,35)/t17-,23-,24-/m0/s1. The fourth-order valence-electron chi connectivity index (χ4n) is 4.26. The number of urea groups is 1. The molecule has 1 saturated heterocycles. The average Bonchev–Trinajstić information content (AvgIpc) is 3.50. The number of carbonyl (C=O) groups is 4. The molecule has 0 radical (unpaired) electrons. The van der Waals surface area contributed by atoms with Crippen LogP contribution in [0.15, 0.2) is 60.0 Å². The third kappa shape index (κ3) is 6.50. The van der Waals surface area contributed by atoms with Gasteiger partial charge in [-0.1, -0.05) is 49.4 Å². The van der Waals surface area contributed by atoms with Gasteiger partial charge < -0.3 is 20.3 Å². The Labute approximate surface area is 231 Å². The lowest BCUT2D eigenvalue weighted by Gasteiger charge is -2.29. The Morgan fingerprint density at radius 2 is 1.82 bits per heavy atom. The van der Waals surface area contributed by atoms with E-state index >= 15 is 0 Å². The highest BCUT2D eigenvalue weighted by Crippen LogP contribution is 2.32. The normalized spacial score (nSPS) is 16.6. The van der Waals surface area contributed by atoms with Gasteiger partial charge in [0.2, 0.25) is 5.91 Å². The first kappa shape index (κ1) is 27.9. The molecule has 0 unspecified atom stereocenters. The van der Waals surface area contributed by atoms with Gasteiger partial charge >= 0.3 is 6.03 Å². The van der Waals surface area contributed by atoms with Crippen LogP contribution in [0, 0.1) is 0 Å². The maximum absolute atomic E-state index is 13.6. The molecule has 0 saturated carbocycles. The van der Waals surface area contributed by atoms with Gasteiger partial charge in [-0.25, -0.2) is 14.7 Å². The van der Waals surface area contributed by atoms with E-state index in [9.17, 15) is 19.2 Å². The number of rotatable bonds is 11. The molecule has 3 atom stereocenters. The number of ether oxygens (including phenoxy) is 1. The molecule has 4 amide bonds. The van der Waals surface area contributed by atoms with Crippen LogP contribution < -0.4 is 15.4 Å². The molecular weight excluding hydrogens is 518 g/mol. The van der Waals surface area contributed by atoms with Crippen molar-refractivity contribution in [3.8, 4) is 5.75 Å². The van der Waals surface area contributed by atoms with Gasteiger partial charge in [-0.05, 0) is 37.4 Å². The van der Waals surface area contributed by atoms with Crippen LogP contribution in [0.3, 0.4) is 0 Å². The quantitative estimate of drug-likeness (QED) is 0.276. The molecule has 4 rings (SSSR count). The number of imide groups is 1. The maximum Gasteiger partial charge on any atom is 0.325 e. The van der Waals surface area contributed by atoms with Gasteiger partial charge in [0.1, 0.15) is 30.1 Å². The van der Waals surface area contributed by atoms with Gasteiger partial charge in [-0.15, -0.1) is 11.3 Å². The highest BCUT2D eigenvalue weighted by molar-refractivity contribution is 7.14. The van der Waals surface area contributed by atoms with Crippen molar-refractivity contribution in [1.29, 1.82) is 0 Å². The summed E-state index contributed by atoms with van der Waals surface area (Å²) in [6.45, 7) is 4.45. The summed E-state index contributed by atoms with van der Waals surface area (Å²) in [5, 5.41) is 7.18. The molecule has 3 aromatic rings. The van der Waals surface area contributed by atoms with Gasteiger partial charge in [0.15, 0.2) is 10.9 Å². The number of carbonyl (C=O) groups excluding carboxylic acids is 4. The second-order valence-electron chi connectivity index (χ2n) is 9.54. The van der Waals surface area contributed by atoms with Gasteiger partial charge in [0, 0.05) is 24.8 Å². The second kappa shape index (κ2) is 12.2. The van der Waals surface area contributed by atoms with Gasteiger partial charge in [-0.3, -0.25) is 14.4 Å². The Morgan fingerprint density at radius 3 is 2.44 bits per heavy atom. The zero-order valence-corrected chi connectivity index (χ0v) is 23.0. The first-order chi connectivity index (χ1) is 18.7. The van der Waals surface area contributed by atoms with E-state index in [-0.39, 0.29) is 16.6 Å². The molecule has 1 aromatic heterocycles. The molecule has 1 aliphatic rings. The zero-order chi connectivity index (χ0) is 28.1. The molecular formula is C28H31N5O5S. The molecule has 204 valence electrons. The van der Waals surface area contributed by atoms with Gasteiger partial charge in [-0.2, -0.15) is 0 Å². The van der Waals surface area contributed by atoms with E-state index in [4.69, 9.17) is 4.74 Å². The lowest BCUT2D eigenvalue weighted by atomic mass is 9.91. The summed E-state index contributed by atoms with van der Waals surface area (Å²) in [6.07, 6.45) is 0. The van der Waals surface area contributed by atoms with Crippen molar-refractivity contribution >= 4 is 40.1 Å². The Morgan fingerprint density at radius 1 is 1.13 bits per heavy atom. The number of hydrogen-bond acceptors (Lipinski definition) is 8. The number of nitrogens with zero attached hydrogens (tertiary/aromatic N) is 3. The summed E-state index contributed by atoms with van der Waals surface area (Å²) in [6, 6.07) is 13.4. The molecule has 1 aliphatic heterocycles. The topological polar surface area (TPSA) is 121 Å². The third-order valence-electron chi connectivity index (χ3n) is 6.43. The highest BCUT2D eigenvalue weighted by Gasteiger charge is 2.47. The van der Waals surface area contributed by atoms with Crippen molar-refractivity contribution in [2.45, 2.75) is 31.8 Å². The van der Waals surface area contributed by atoms with Crippen molar-refractivity contribution in [1.82, 2.24) is 20.1 Å². The summed E-state index contributed by atoms with van der Waals surface area (Å²) in [7, 11) is 3.91. The fourth-order valence-corrected chi connectivity index (χ4v) is 5.02. The molecule has 2 aromatic carbocycles. The number of thiazole rings is 1. The number of likely N-dealkylation sites (N-methyl/N-ethyl adjacent to an activating group) is 1. The summed E-state index contributed by atoms with van der Waals surface area (Å²) in [5.74, 6) is -1.22. The molecule has 2 heterocycles. The van der Waals surface area contributed by atoms with Crippen molar-refractivity contribution in [3.63, 3.8) is 0 Å². The van der Waals surface area contributed by atoms with E-state index in [1.807, 2.05) is 49.3 Å². The number of amides is 4. The first-order valence-electron chi connectivity index (χ1n) is 12.5. The van der Waals surface area contributed by atoms with E-state index in [1.165, 1.54) is 6.92 Å². The number of benzene rings is 2. The molecule has 1 fully saturated rings. The summed E-state index contributed by atoms with van der Waals surface area (Å²) in [5.41, 5.74) is 1.59. The Kier molecular flexibility index (Phi) is 8.72. The molecule has 10 nitrogen and oxygen atoms in total. The molecule has 11 heteroatoms. The highest BCUT2D eigenvalue weighted by atomic mass is 32.1. The lowest BCUT2D eigenvalue weighted by molar-refractivity contribution is -0.134. The van der Waals surface area contributed by atoms with E-state index in [1.54, 1.807) is 36.6 Å². The van der Waals surface area contributed by atoms with E-state index in [2.05, 4.69) is 15.6 Å². The van der Waals surface area contributed by atoms with Crippen molar-refractivity contribution in [2.75, 3.05) is 32.6 Å². The lowest BCUT2D eigenvalue weighted by Crippen LogP contribution is -2.50. The van der Waals surface area contributed by atoms with E-state index in [0.29, 0.717) is 17.9 Å². The number of anilines is 1. The summed E-state index contributed by atoms with van der Waals surface area (Å²) >= 11 is 1.10. The predicted molar refractivity (Wildman–Crippen MR) is 148 cm³/mol. The van der Waals surface area contributed by atoms with Crippen LogP contribution in [-0.4, -0.2) is 71.7 Å². The second-order valence-corrected chi connectivity index (χ2v) is 10.4. The minimum Gasteiger partial charge on any atom is -0.492 e.